The van der Waals surface area contributed by atoms with Gasteiger partial charge in [0, 0.05) is 0 Å². The molecule has 0 aliphatic carbocycles. The summed E-state index contributed by atoms with van der Waals surface area (Å²) in [6.07, 6.45) is 16.4. The zero-order valence-corrected chi connectivity index (χ0v) is 16.4. The fourth-order valence-electron chi connectivity index (χ4n) is 2.67. The molecule has 0 aliphatic rings. The van der Waals surface area contributed by atoms with Gasteiger partial charge in [-0.05, 0) is 38.5 Å². The molecule has 0 aromatic heterocycles. The molecule has 0 rings (SSSR count). The number of unbranched alkanes of at least 4 members (excludes halogenated alkanes) is 9. The van der Waals surface area contributed by atoms with Crippen molar-refractivity contribution in [1.82, 2.24) is 0 Å². The zero-order valence-electron chi connectivity index (χ0n) is 16.4. The van der Waals surface area contributed by atoms with Crippen LogP contribution in [0.4, 0.5) is 0 Å². The lowest BCUT2D eigenvalue weighted by atomic mass is 10.0. The van der Waals surface area contributed by atoms with Gasteiger partial charge in [-0.15, -0.1) is 0 Å². The first-order valence-corrected chi connectivity index (χ1v) is 10.3. The van der Waals surface area contributed by atoms with Crippen LogP contribution in [-0.2, 0) is 9.53 Å². The minimum Gasteiger partial charge on any atom is -0.464 e. The molecule has 0 aromatic rings. The van der Waals surface area contributed by atoms with E-state index in [1.165, 1.54) is 44.9 Å². The number of hydrogen-bond acceptors (Lipinski definition) is 4. The number of rotatable bonds is 17. The molecule has 0 aromatic carbocycles. The third kappa shape index (κ3) is 15.1. The second-order valence-electron chi connectivity index (χ2n) is 6.85. The van der Waals surface area contributed by atoms with E-state index in [1.807, 2.05) is 6.92 Å². The van der Waals surface area contributed by atoms with Crippen molar-refractivity contribution < 1.29 is 19.7 Å². The maximum Gasteiger partial charge on any atom is 0.337 e. The van der Waals surface area contributed by atoms with Gasteiger partial charge in [-0.2, -0.15) is 0 Å². The predicted octanol–water partition coefficient (Wildman–Crippen LogP) is 4.92. The summed E-state index contributed by atoms with van der Waals surface area (Å²) in [5, 5.41) is 19.5. The topological polar surface area (TPSA) is 66.8 Å². The van der Waals surface area contributed by atoms with Crippen molar-refractivity contribution in [3.63, 3.8) is 0 Å². The Hall–Kier alpha value is -0.870. The Bertz CT molecular complexity index is 328. The third-order valence-corrected chi connectivity index (χ3v) is 4.32. The first kappa shape index (κ1) is 24.1. The molecule has 0 bridgehead atoms. The summed E-state index contributed by atoms with van der Waals surface area (Å²) in [5.74, 6) is -0.716. The molecule has 2 atom stereocenters. The number of hydrogen-bond donors (Lipinski definition) is 2. The van der Waals surface area contributed by atoms with E-state index in [1.54, 1.807) is 0 Å². The van der Waals surface area contributed by atoms with E-state index < -0.39 is 18.2 Å². The van der Waals surface area contributed by atoms with Gasteiger partial charge >= 0.3 is 5.97 Å². The minimum atomic E-state index is -1.41. The Balaban J connectivity index is 3.47. The van der Waals surface area contributed by atoms with Gasteiger partial charge in [0.15, 0.2) is 6.10 Å². The number of aliphatic hydroxyl groups is 2. The summed E-state index contributed by atoms with van der Waals surface area (Å²) in [6, 6.07) is 0. The quantitative estimate of drug-likeness (QED) is 0.220. The van der Waals surface area contributed by atoms with Crippen LogP contribution in [0.5, 0.6) is 0 Å². The average molecular weight is 357 g/mol. The normalized spacial score (nSPS) is 13.9. The predicted molar refractivity (Wildman–Crippen MR) is 103 cm³/mol. The summed E-state index contributed by atoms with van der Waals surface area (Å²) in [5.41, 5.74) is 0. The van der Waals surface area contributed by atoms with Gasteiger partial charge in [0.05, 0.1) is 12.7 Å². The fraction of sp³-hybridized carbons (Fsp3) is 0.857. The Morgan fingerprint density at radius 2 is 1.40 bits per heavy atom. The van der Waals surface area contributed by atoms with E-state index in [4.69, 9.17) is 4.74 Å². The summed E-state index contributed by atoms with van der Waals surface area (Å²) in [4.78, 5) is 11.4. The number of aliphatic hydroxyl groups excluding tert-OH is 2. The highest BCUT2D eigenvalue weighted by Crippen LogP contribution is 2.11. The maximum absolute atomic E-state index is 11.4. The van der Waals surface area contributed by atoms with Crippen LogP contribution in [0.3, 0.4) is 0 Å². The van der Waals surface area contributed by atoms with E-state index in [0.717, 1.165) is 25.7 Å². The molecular formula is C21H40O4. The van der Waals surface area contributed by atoms with Crippen molar-refractivity contribution in [3.05, 3.63) is 12.2 Å². The lowest BCUT2D eigenvalue weighted by Crippen LogP contribution is -2.35. The van der Waals surface area contributed by atoms with E-state index in [2.05, 4.69) is 19.1 Å². The molecule has 0 spiro atoms. The second-order valence-corrected chi connectivity index (χ2v) is 6.85. The molecule has 0 amide bonds. The summed E-state index contributed by atoms with van der Waals surface area (Å²) in [6.45, 7) is 4.42. The third-order valence-electron chi connectivity index (χ3n) is 4.32. The molecule has 0 heterocycles. The lowest BCUT2D eigenvalue weighted by molar-refractivity contribution is -0.159. The SMILES string of the molecule is CCCCCCCC/C=C/CCCCCC(O)C(O)C(=O)OCCC. The highest BCUT2D eigenvalue weighted by molar-refractivity contribution is 5.75. The van der Waals surface area contributed by atoms with Gasteiger partial charge in [0.2, 0.25) is 0 Å². The van der Waals surface area contributed by atoms with E-state index in [9.17, 15) is 15.0 Å². The van der Waals surface area contributed by atoms with Crippen LogP contribution in [0.2, 0.25) is 0 Å². The minimum absolute atomic E-state index is 0.285. The van der Waals surface area contributed by atoms with Gasteiger partial charge in [0.1, 0.15) is 0 Å². The molecule has 25 heavy (non-hydrogen) atoms. The lowest BCUT2D eigenvalue weighted by Gasteiger charge is -2.16. The van der Waals surface area contributed by atoms with Crippen LogP contribution in [0.25, 0.3) is 0 Å². The Labute approximate surface area is 154 Å². The van der Waals surface area contributed by atoms with Crippen molar-refractivity contribution in [2.75, 3.05) is 6.61 Å². The van der Waals surface area contributed by atoms with Gasteiger partial charge in [-0.1, -0.05) is 70.9 Å². The molecule has 0 radical (unpaired) electrons. The van der Waals surface area contributed by atoms with Gasteiger partial charge in [-0.25, -0.2) is 4.79 Å². The van der Waals surface area contributed by atoms with Crippen molar-refractivity contribution >= 4 is 5.97 Å². The monoisotopic (exact) mass is 356 g/mol. The van der Waals surface area contributed by atoms with Crippen LogP contribution in [-0.4, -0.2) is 35.0 Å². The van der Waals surface area contributed by atoms with Gasteiger partial charge < -0.3 is 14.9 Å². The van der Waals surface area contributed by atoms with E-state index >= 15 is 0 Å². The first-order valence-electron chi connectivity index (χ1n) is 10.3. The fourth-order valence-corrected chi connectivity index (χ4v) is 2.67. The van der Waals surface area contributed by atoms with Gasteiger partial charge in [0.25, 0.3) is 0 Å². The number of allylic oxidation sites excluding steroid dienone is 2. The van der Waals surface area contributed by atoms with Crippen LogP contribution < -0.4 is 0 Å². The smallest absolute Gasteiger partial charge is 0.337 e. The number of carbonyl (C=O) groups excluding carboxylic acids is 1. The molecule has 2 N–H and O–H groups in total. The molecule has 0 aliphatic heterocycles. The summed E-state index contributed by atoms with van der Waals surface area (Å²) < 4.78 is 4.83. The van der Waals surface area contributed by atoms with Crippen LogP contribution in [0.15, 0.2) is 12.2 Å². The van der Waals surface area contributed by atoms with Crippen molar-refractivity contribution in [1.29, 1.82) is 0 Å². The number of carbonyl (C=O) groups is 1. The van der Waals surface area contributed by atoms with E-state index in [0.29, 0.717) is 12.8 Å². The average Bonchev–Trinajstić information content (AvgIpc) is 2.62. The Morgan fingerprint density at radius 1 is 0.840 bits per heavy atom. The number of esters is 1. The molecule has 4 heteroatoms. The first-order chi connectivity index (χ1) is 12.1. The Morgan fingerprint density at radius 3 is 2.00 bits per heavy atom. The van der Waals surface area contributed by atoms with Crippen molar-refractivity contribution in [3.8, 4) is 0 Å². The zero-order chi connectivity index (χ0) is 18.8. The number of ether oxygens (including phenoxy) is 1. The molecule has 0 saturated carbocycles. The molecule has 0 fully saturated rings. The molecule has 2 unspecified atom stereocenters. The van der Waals surface area contributed by atoms with Crippen LogP contribution in [0.1, 0.15) is 97.3 Å². The molecule has 0 saturated heterocycles. The Kier molecular flexibility index (Phi) is 17.3. The molecule has 148 valence electrons. The van der Waals surface area contributed by atoms with Crippen LogP contribution in [0, 0.1) is 0 Å². The molecular weight excluding hydrogens is 316 g/mol. The summed E-state index contributed by atoms with van der Waals surface area (Å²) >= 11 is 0. The summed E-state index contributed by atoms with van der Waals surface area (Å²) in [7, 11) is 0. The molecule has 4 nitrogen and oxygen atoms in total. The standard InChI is InChI=1S/C21H40O4/c1-3-5-6-7-8-9-10-11-12-13-14-15-16-17-19(22)20(23)21(24)25-18-4-2/h11-12,19-20,22-23H,3-10,13-18H2,1-2H3/b12-11+. The van der Waals surface area contributed by atoms with E-state index in [-0.39, 0.29) is 6.61 Å². The highest BCUT2D eigenvalue weighted by atomic mass is 16.5. The largest absolute Gasteiger partial charge is 0.464 e. The highest BCUT2D eigenvalue weighted by Gasteiger charge is 2.24. The van der Waals surface area contributed by atoms with Crippen LogP contribution >= 0.6 is 0 Å². The van der Waals surface area contributed by atoms with Crippen molar-refractivity contribution in [2.45, 2.75) is 110 Å². The second kappa shape index (κ2) is 17.9. The van der Waals surface area contributed by atoms with Gasteiger partial charge in [-0.3, -0.25) is 0 Å². The maximum atomic E-state index is 11.4. The van der Waals surface area contributed by atoms with Crippen molar-refractivity contribution in [2.24, 2.45) is 0 Å².